The topological polar surface area (TPSA) is 69.6 Å². The summed E-state index contributed by atoms with van der Waals surface area (Å²) in [5.74, 6) is -0.0705. The van der Waals surface area contributed by atoms with Crippen molar-refractivity contribution in [2.75, 3.05) is 6.61 Å². The van der Waals surface area contributed by atoms with Crippen LogP contribution >= 0.6 is 0 Å². The van der Waals surface area contributed by atoms with Gasteiger partial charge < -0.3 is 15.5 Å². The van der Waals surface area contributed by atoms with Gasteiger partial charge in [-0.3, -0.25) is 4.79 Å². The largest absolute Gasteiger partial charge is 0.394 e. The number of amides is 1. The highest BCUT2D eigenvalue weighted by Gasteiger charge is 2.18. The molecule has 1 amide bonds. The predicted molar refractivity (Wildman–Crippen MR) is 276 cm³/mol. The van der Waals surface area contributed by atoms with Gasteiger partial charge in [-0.15, -0.1) is 0 Å². The van der Waals surface area contributed by atoms with Gasteiger partial charge >= 0.3 is 0 Å². The molecule has 360 valence electrons. The maximum absolute atomic E-state index is 12.5. The predicted octanol–water partition coefficient (Wildman–Crippen LogP) is 17.8. The monoisotopic (exact) mass is 864 g/mol. The van der Waals surface area contributed by atoms with Gasteiger partial charge in [-0.25, -0.2) is 0 Å². The average molecular weight is 864 g/mol. The SMILES string of the molecule is CC/C=C\C/C=C\C/C=C\C/C=C\C/C=C\CCCCCCCCCCCC(=O)NC(CO)C(O)/C=C/CCCCCCCCCCCCCCCCCCCCCCCCC. The van der Waals surface area contributed by atoms with Crippen molar-refractivity contribution in [2.45, 2.75) is 283 Å². The number of allylic oxidation sites excluding steroid dienone is 11. The van der Waals surface area contributed by atoms with Crippen molar-refractivity contribution >= 4 is 5.91 Å². The molecule has 0 aromatic heterocycles. The molecule has 0 aliphatic heterocycles. The highest BCUT2D eigenvalue weighted by atomic mass is 16.3. The number of aliphatic hydroxyl groups is 2. The van der Waals surface area contributed by atoms with Crippen LogP contribution in [0.5, 0.6) is 0 Å². The average Bonchev–Trinajstić information content (AvgIpc) is 3.28. The molecule has 4 heteroatoms. The zero-order chi connectivity index (χ0) is 44.9. The minimum Gasteiger partial charge on any atom is -0.394 e. The first kappa shape index (κ1) is 59.8. The van der Waals surface area contributed by atoms with E-state index in [1.165, 1.54) is 193 Å². The lowest BCUT2D eigenvalue weighted by Crippen LogP contribution is -2.45. The Bertz CT molecular complexity index is 1070. The highest BCUT2D eigenvalue weighted by molar-refractivity contribution is 5.76. The van der Waals surface area contributed by atoms with Crippen molar-refractivity contribution in [1.82, 2.24) is 5.32 Å². The summed E-state index contributed by atoms with van der Waals surface area (Å²) >= 11 is 0. The van der Waals surface area contributed by atoms with Crippen LogP contribution in [0.1, 0.15) is 271 Å². The Morgan fingerprint density at radius 3 is 1.06 bits per heavy atom. The number of aliphatic hydroxyl groups excluding tert-OH is 2. The molecule has 4 nitrogen and oxygen atoms in total. The number of unbranched alkanes of at least 4 members (excludes halogenated alkanes) is 32. The van der Waals surface area contributed by atoms with E-state index in [-0.39, 0.29) is 12.5 Å². The van der Waals surface area contributed by atoms with Crippen molar-refractivity contribution in [1.29, 1.82) is 0 Å². The number of nitrogens with one attached hydrogen (secondary N) is 1. The number of carbonyl (C=O) groups is 1. The fourth-order valence-electron chi connectivity index (χ4n) is 8.09. The molecule has 0 aliphatic carbocycles. The van der Waals surface area contributed by atoms with Crippen LogP contribution in [-0.2, 0) is 4.79 Å². The first-order valence-electron chi connectivity index (χ1n) is 27.2. The normalized spacial score (nSPS) is 13.4. The molecule has 0 aliphatic rings. The van der Waals surface area contributed by atoms with Gasteiger partial charge in [0.15, 0.2) is 0 Å². The van der Waals surface area contributed by atoms with Crippen LogP contribution in [0.15, 0.2) is 72.9 Å². The zero-order valence-corrected chi connectivity index (χ0v) is 41.4. The van der Waals surface area contributed by atoms with Crippen molar-refractivity contribution in [2.24, 2.45) is 0 Å². The van der Waals surface area contributed by atoms with Gasteiger partial charge in [-0.05, 0) is 64.2 Å². The molecule has 0 rings (SSSR count). The summed E-state index contributed by atoms with van der Waals surface area (Å²) in [6.45, 7) is 4.21. The maximum Gasteiger partial charge on any atom is 0.220 e. The minimum atomic E-state index is -0.847. The molecule has 2 unspecified atom stereocenters. The minimum absolute atomic E-state index is 0.0705. The Hall–Kier alpha value is -2.17. The molecule has 0 saturated carbocycles. The van der Waals surface area contributed by atoms with Crippen LogP contribution in [0.25, 0.3) is 0 Å². The first-order chi connectivity index (χ1) is 30.7. The molecule has 0 saturated heterocycles. The van der Waals surface area contributed by atoms with Gasteiger partial charge in [0.2, 0.25) is 5.91 Å². The van der Waals surface area contributed by atoms with E-state index in [0.29, 0.717) is 6.42 Å². The summed E-state index contributed by atoms with van der Waals surface area (Å²) in [4.78, 5) is 12.5. The van der Waals surface area contributed by atoms with E-state index < -0.39 is 12.1 Å². The lowest BCUT2D eigenvalue weighted by atomic mass is 10.0. The van der Waals surface area contributed by atoms with Crippen LogP contribution < -0.4 is 5.32 Å². The quantitative estimate of drug-likeness (QED) is 0.0421. The molecule has 0 radical (unpaired) electrons. The number of rotatable bonds is 49. The third kappa shape index (κ3) is 48.9. The number of hydrogen-bond donors (Lipinski definition) is 3. The molecular weight excluding hydrogens is 759 g/mol. The Morgan fingerprint density at radius 2 is 0.710 bits per heavy atom. The van der Waals surface area contributed by atoms with E-state index in [2.05, 4.69) is 79.9 Å². The molecule has 0 fully saturated rings. The van der Waals surface area contributed by atoms with Gasteiger partial charge in [0.1, 0.15) is 0 Å². The van der Waals surface area contributed by atoms with Crippen LogP contribution in [0.2, 0.25) is 0 Å². The zero-order valence-electron chi connectivity index (χ0n) is 41.4. The molecule has 0 heterocycles. The second kappa shape index (κ2) is 53.2. The Morgan fingerprint density at radius 1 is 0.403 bits per heavy atom. The van der Waals surface area contributed by atoms with Crippen LogP contribution in [-0.4, -0.2) is 34.9 Å². The second-order valence-corrected chi connectivity index (χ2v) is 18.3. The maximum atomic E-state index is 12.5. The molecular formula is C58H105NO3. The molecule has 0 bridgehead atoms. The van der Waals surface area contributed by atoms with Crippen molar-refractivity contribution in [3.63, 3.8) is 0 Å². The third-order valence-corrected chi connectivity index (χ3v) is 12.2. The van der Waals surface area contributed by atoms with E-state index in [4.69, 9.17) is 0 Å². The van der Waals surface area contributed by atoms with Crippen molar-refractivity contribution in [3.05, 3.63) is 72.9 Å². The summed E-state index contributed by atoms with van der Waals surface area (Å²) in [7, 11) is 0. The molecule has 0 spiro atoms. The fourth-order valence-corrected chi connectivity index (χ4v) is 8.09. The van der Waals surface area contributed by atoms with E-state index in [1.807, 2.05) is 6.08 Å². The van der Waals surface area contributed by atoms with Gasteiger partial charge in [-0.1, -0.05) is 273 Å². The summed E-state index contributed by atoms with van der Waals surface area (Å²) in [5, 5.41) is 23.2. The van der Waals surface area contributed by atoms with Crippen molar-refractivity contribution in [3.8, 4) is 0 Å². The fraction of sp³-hybridized carbons (Fsp3) is 0.776. The molecule has 0 aromatic carbocycles. The smallest absolute Gasteiger partial charge is 0.220 e. The lowest BCUT2D eigenvalue weighted by Gasteiger charge is -2.20. The van der Waals surface area contributed by atoms with Crippen molar-refractivity contribution < 1.29 is 15.0 Å². The summed E-state index contributed by atoms with van der Waals surface area (Å²) < 4.78 is 0. The first-order valence-corrected chi connectivity index (χ1v) is 27.2. The standard InChI is InChI=1S/C58H105NO3/c1-3-5-7-9-11-13-15-17-19-21-23-25-27-29-31-33-35-37-39-41-43-45-47-49-51-53-57(61)56(55-60)59-58(62)54-52-50-48-46-44-42-40-38-36-34-32-30-28-26-24-22-20-18-16-14-12-10-8-6-4-2/h6,8,12,14,18,20,24,26,30,32,51,53,56-57,60-61H,3-5,7,9-11,13,15-17,19,21-23,25,27-29,31,33-50,52,54-55H2,1-2H3,(H,59,62)/b8-6-,14-12-,20-18-,26-24-,32-30-,53-51+. The van der Waals surface area contributed by atoms with E-state index in [0.717, 1.165) is 57.8 Å². The Kier molecular flexibility index (Phi) is 51.3. The molecule has 2 atom stereocenters. The van der Waals surface area contributed by atoms with Crippen LogP contribution in [0.3, 0.4) is 0 Å². The number of carbonyl (C=O) groups excluding carboxylic acids is 1. The summed E-state index contributed by atoms with van der Waals surface area (Å²) in [6.07, 6.45) is 76.2. The van der Waals surface area contributed by atoms with E-state index in [1.54, 1.807) is 6.08 Å². The van der Waals surface area contributed by atoms with E-state index in [9.17, 15) is 15.0 Å². The Labute approximate surface area is 387 Å². The Balaban J connectivity index is 3.54. The second-order valence-electron chi connectivity index (χ2n) is 18.3. The molecule has 62 heavy (non-hydrogen) atoms. The summed E-state index contributed by atoms with van der Waals surface area (Å²) in [6, 6.07) is -0.630. The highest BCUT2D eigenvalue weighted by Crippen LogP contribution is 2.16. The third-order valence-electron chi connectivity index (χ3n) is 12.2. The van der Waals surface area contributed by atoms with Crippen LogP contribution in [0, 0.1) is 0 Å². The van der Waals surface area contributed by atoms with E-state index >= 15 is 0 Å². The lowest BCUT2D eigenvalue weighted by molar-refractivity contribution is -0.123. The number of hydrogen-bond acceptors (Lipinski definition) is 3. The molecule has 3 N–H and O–H groups in total. The van der Waals surface area contributed by atoms with Gasteiger partial charge in [0.05, 0.1) is 18.8 Å². The molecule has 0 aromatic rings. The van der Waals surface area contributed by atoms with Crippen LogP contribution in [0.4, 0.5) is 0 Å². The summed E-state index contributed by atoms with van der Waals surface area (Å²) in [5.41, 5.74) is 0. The van der Waals surface area contributed by atoms with Gasteiger partial charge in [0, 0.05) is 6.42 Å². The van der Waals surface area contributed by atoms with Gasteiger partial charge in [-0.2, -0.15) is 0 Å². The van der Waals surface area contributed by atoms with Gasteiger partial charge in [0.25, 0.3) is 0 Å².